The number of hydrazine groups is 1. The molecule has 2 saturated carbocycles. The van der Waals surface area contributed by atoms with Crippen molar-refractivity contribution >= 4 is 23.4 Å². The number of nitrogen functional groups attached to an aromatic ring is 1. The van der Waals surface area contributed by atoms with Crippen LogP contribution in [0.4, 0.5) is 11.6 Å². The smallest absolute Gasteiger partial charge is 0.145 e. The van der Waals surface area contributed by atoms with Crippen LogP contribution in [0.15, 0.2) is 6.07 Å². The molecule has 0 aromatic carbocycles. The second-order valence-corrected chi connectivity index (χ2v) is 6.91. The van der Waals surface area contributed by atoms with Crippen molar-refractivity contribution in [2.24, 2.45) is 5.84 Å². The fraction of sp³-hybridized carbons (Fsp3) is 0.714. The third kappa shape index (κ3) is 3.35. The van der Waals surface area contributed by atoms with Crippen LogP contribution in [0.1, 0.15) is 50.3 Å². The second-order valence-electron chi connectivity index (χ2n) is 5.77. The molecule has 0 saturated heterocycles. The minimum Gasteiger partial charge on any atom is -0.367 e. The topological polar surface area (TPSA) is 75.9 Å². The Hall–Kier alpha value is -1.01. The normalized spacial score (nSPS) is 26.3. The summed E-state index contributed by atoms with van der Waals surface area (Å²) in [7, 11) is 0. The van der Waals surface area contributed by atoms with E-state index >= 15 is 0 Å². The minimum atomic E-state index is 0.533. The maximum atomic E-state index is 5.51. The monoisotopic (exact) mass is 293 g/mol. The van der Waals surface area contributed by atoms with E-state index in [1.165, 1.54) is 38.5 Å². The van der Waals surface area contributed by atoms with E-state index < -0.39 is 0 Å². The zero-order valence-electron chi connectivity index (χ0n) is 11.9. The number of hydrogen-bond donors (Lipinski definition) is 3. The van der Waals surface area contributed by atoms with Gasteiger partial charge in [-0.2, -0.15) is 11.8 Å². The van der Waals surface area contributed by atoms with Crippen LogP contribution >= 0.6 is 11.8 Å². The fourth-order valence-electron chi connectivity index (χ4n) is 2.79. The molecule has 0 unspecified atom stereocenters. The van der Waals surface area contributed by atoms with E-state index in [1.54, 1.807) is 0 Å². The highest BCUT2D eigenvalue weighted by Gasteiger charge is 2.28. The lowest BCUT2D eigenvalue weighted by Gasteiger charge is -2.28. The highest BCUT2D eigenvalue weighted by Crippen LogP contribution is 2.39. The quantitative estimate of drug-likeness (QED) is 0.572. The highest BCUT2D eigenvalue weighted by atomic mass is 32.2. The zero-order valence-corrected chi connectivity index (χ0v) is 12.7. The maximum absolute atomic E-state index is 5.51. The summed E-state index contributed by atoms with van der Waals surface area (Å²) in [4.78, 5) is 9.10. The predicted molar refractivity (Wildman–Crippen MR) is 85.0 cm³/mol. The summed E-state index contributed by atoms with van der Waals surface area (Å²) in [6, 6.07) is 2.44. The molecule has 0 bridgehead atoms. The summed E-state index contributed by atoms with van der Waals surface area (Å²) in [5, 5.41) is 4.40. The van der Waals surface area contributed by atoms with Gasteiger partial charge >= 0.3 is 0 Å². The Bertz CT molecular complexity index is 455. The molecule has 1 aromatic heterocycles. The number of rotatable bonds is 5. The Balaban J connectivity index is 1.66. The van der Waals surface area contributed by atoms with E-state index in [2.05, 4.69) is 27.0 Å². The van der Waals surface area contributed by atoms with E-state index in [0.29, 0.717) is 17.8 Å². The minimum absolute atomic E-state index is 0.533. The molecule has 0 radical (unpaired) electrons. The molecular weight excluding hydrogens is 270 g/mol. The number of nitrogens with zero attached hydrogens (tertiary/aromatic N) is 2. The molecule has 3 rings (SSSR count). The lowest BCUT2D eigenvalue weighted by molar-refractivity contribution is 0.472. The highest BCUT2D eigenvalue weighted by molar-refractivity contribution is 7.99. The number of aromatic nitrogens is 2. The average Bonchev–Trinajstić information content (AvgIpc) is 3.32. The lowest BCUT2D eigenvalue weighted by Crippen LogP contribution is -2.27. The SMILES string of the molecule is CSC1CCC(Nc2cc(NN)nc(C3CC3)n2)CC1. The van der Waals surface area contributed by atoms with Gasteiger partial charge in [-0.3, -0.25) is 0 Å². The van der Waals surface area contributed by atoms with Crippen molar-refractivity contribution in [3.8, 4) is 0 Å². The number of thioether (sulfide) groups is 1. The van der Waals surface area contributed by atoms with Crippen LogP contribution < -0.4 is 16.6 Å². The maximum Gasteiger partial charge on any atom is 0.145 e. The molecule has 0 amide bonds. The van der Waals surface area contributed by atoms with Crippen molar-refractivity contribution < 1.29 is 0 Å². The van der Waals surface area contributed by atoms with Crippen LogP contribution in [-0.4, -0.2) is 27.5 Å². The Morgan fingerprint density at radius 1 is 1.10 bits per heavy atom. The third-order valence-electron chi connectivity index (χ3n) is 4.19. The molecule has 2 aliphatic carbocycles. The van der Waals surface area contributed by atoms with Gasteiger partial charge in [-0.25, -0.2) is 15.8 Å². The molecular formula is C14H23N5S. The molecule has 1 heterocycles. The van der Waals surface area contributed by atoms with E-state index in [0.717, 1.165) is 16.9 Å². The number of anilines is 2. The van der Waals surface area contributed by atoms with Crippen LogP contribution in [0.2, 0.25) is 0 Å². The van der Waals surface area contributed by atoms with Gasteiger partial charge in [0.2, 0.25) is 0 Å². The number of nitrogens with two attached hydrogens (primary N) is 1. The first-order valence-electron chi connectivity index (χ1n) is 7.43. The molecule has 1 aromatic rings. The number of nitrogens with one attached hydrogen (secondary N) is 2. The van der Waals surface area contributed by atoms with Gasteiger partial charge in [-0.05, 0) is 44.8 Å². The summed E-state index contributed by atoms with van der Waals surface area (Å²) in [5.74, 6) is 8.61. The molecule has 20 heavy (non-hydrogen) atoms. The average molecular weight is 293 g/mol. The van der Waals surface area contributed by atoms with Crippen molar-refractivity contribution in [3.63, 3.8) is 0 Å². The first-order chi connectivity index (χ1) is 9.78. The molecule has 0 spiro atoms. The van der Waals surface area contributed by atoms with Crippen LogP contribution in [0, 0.1) is 0 Å². The molecule has 110 valence electrons. The van der Waals surface area contributed by atoms with Crippen molar-refractivity contribution in [3.05, 3.63) is 11.9 Å². The van der Waals surface area contributed by atoms with Crippen molar-refractivity contribution in [1.82, 2.24) is 9.97 Å². The van der Waals surface area contributed by atoms with Gasteiger partial charge in [0.25, 0.3) is 0 Å². The first kappa shape index (κ1) is 13.9. The van der Waals surface area contributed by atoms with Gasteiger partial charge in [-0.1, -0.05) is 0 Å². The van der Waals surface area contributed by atoms with Crippen molar-refractivity contribution in [2.75, 3.05) is 17.0 Å². The van der Waals surface area contributed by atoms with Gasteiger partial charge in [0.1, 0.15) is 17.5 Å². The van der Waals surface area contributed by atoms with Crippen molar-refractivity contribution in [1.29, 1.82) is 0 Å². The third-order valence-corrected chi connectivity index (χ3v) is 5.33. The molecule has 2 fully saturated rings. The Morgan fingerprint density at radius 2 is 1.80 bits per heavy atom. The lowest BCUT2D eigenvalue weighted by atomic mass is 9.95. The molecule has 6 heteroatoms. The molecule has 0 aliphatic heterocycles. The molecule has 4 N–H and O–H groups in total. The standard InChI is InChI=1S/C14H23N5S/c1-20-11-6-4-10(5-7-11)16-12-8-13(19-15)18-14(17-12)9-2-3-9/h8-11H,2-7,15H2,1H3,(H2,16,17,18,19). The fourth-order valence-corrected chi connectivity index (χ4v) is 3.53. The molecule has 0 atom stereocenters. The predicted octanol–water partition coefficient (Wildman–Crippen LogP) is 2.73. The Kier molecular flexibility index (Phi) is 4.31. The van der Waals surface area contributed by atoms with E-state index in [9.17, 15) is 0 Å². The van der Waals surface area contributed by atoms with Gasteiger partial charge in [0.15, 0.2) is 0 Å². The summed E-state index contributed by atoms with van der Waals surface area (Å²) in [5.41, 5.74) is 2.65. The van der Waals surface area contributed by atoms with Gasteiger partial charge < -0.3 is 10.7 Å². The van der Waals surface area contributed by atoms with Crippen LogP contribution in [0.5, 0.6) is 0 Å². The van der Waals surface area contributed by atoms with Crippen molar-refractivity contribution in [2.45, 2.75) is 55.7 Å². The molecule has 5 nitrogen and oxygen atoms in total. The van der Waals surface area contributed by atoms with E-state index in [4.69, 9.17) is 5.84 Å². The van der Waals surface area contributed by atoms with E-state index in [-0.39, 0.29) is 0 Å². The Labute approximate surface area is 124 Å². The largest absolute Gasteiger partial charge is 0.367 e. The van der Waals surface area contributed by atoms with Gasteiger partial charge in [-0.15, -0.1) is 0 Å². The Morgan fingerprint density at radius 3 is 2.40 bits per heavy atom. The van der Waals surface area contributed by atoms with Crippen LogP contribution in [0.3, 0.4) is 0 Å². The first-order valence-corrected chi connectivity index (χ1v) is 8.72. The second kappa shape index (κ2) is 6.18. The zero-order chi connectivity index (χ0) is 13.9. The summed E-state index contributed by atoms with van der Waals surface area (Å²) >= 11 is 1.99. The summed E-state index contributed by atoms with van der Waals surface area (Å²) in [6.07, 6.45) is 9.64. The summed E-state index contributed by atoms with van der Waals surface area (Å²) < 4.78 is 0. The van der Waals surface area contributed by atoms with E-state index in [1.807, 2.05) is 17.8 Å². The molecule has 2 aliphatic rings. The van der Waals surface area contributed by atoms with Gasteiger partial charge in [0.05, 0.1) is 0 Å². The van der Waals surface area contributed by atoms with Crippen LogP contribution in [-0.2, 0) is 0 Å². The number of hydrogen-bond acceptors (Lipinski definition) is 6. The summed E-state index contributed by atoms with van der Waals surface area (Å²) in [6.45, 7) is 0. The van der Waals surface area contributed by atoms with Crippen LogP contribution in [0.25, 0.3) is 0 Å². The van der Waals surface area contributed by atoms with Gasteiger partial charge in [0, 0.05) is 23.3 Å².